The number of benzene rings is 1. The van der Waals surface area contributed by atoms with Gasteiger partial charge in [0.15, 0.2) is 0 Å². The molecular weight excluding hydrogens is 194 g/mol. The van der Waals surface area contributed by atoms with Crippen LogP contribution in [0, 0.1) is 5.92 Å². The number of rotatable bonds is 6. The highest BCUT2D eigenvalue weighted by Gasteiger charge is 2.05. The molecule has 0 heterocycles. The van der Waals surface area contributed by atoms with Gasteiger partial charge in [-0.3, -0.25) is 0 Å². The fourth-order valence-corrected chi connectivity index (χ4v) is 1.98. The molecule has 1 nitrogen and oxygen atoms in total. The molecule has 0 spiro atoms. The summed E-state index contributed by atoms with van der Waals surface area (Å²) in [5.74, 6) is 1.40. The third kappa shape index (κ3) is 4.36. The lowest BCUT2D eigenvalue weighted by atomic mass is 9.95. The minimum Gasteiger partial charge on any atom is -0.320 e. The SMILES string of the molecule is CNCCC(C)c1ccc(CC(C)C)cc1. The number of hydrogen-bond acceptors (Lipinski definition) is 1. The van der Waals surface area contributed by atoms with Crippen LogP contribution < -0.4 is 5.32 Å². The van der Waals surface area contributed by atoms with E-state index in [1.807, 2.05) is 7.05 Å². The van der Waals surface area contributed by atoms with Gasteiger partial charge in [0.25, 0.3) is 0 Å². The van der Waals surface area contributed by atoms with Gasteiger partial charge in [0.05, 0.1) is 0 Å². The molecule has 1 aromatic rings. The number of hydrogen-bond donors (Lipinski definition) is 1. The Morgan fingerprint density at radius 1 is 1.06 bits per heavy atom. The molecule has 1 unspecified atom stereocenters. The Bertz CT molecular complexity index is 287. The quantitative estimate of drug-likeness (QED) is 0.771. The summed E-state index contributed by atoms with van der Waals surface area (Å²) in [5.41, 5.74) is 2.92. The van der Waals surface area contributed by atoms with Crippen LogP contribution in [-0.2, 0) is 6.42 Å². The summed E-state index contributed by atoms with van der Waals surface area (Å²) in [6.45, 7) is 7.93. The minimum absolute atomic E-state index is 0.653. The third-order valence-electron chi connectivity index (χ3n) is 3.02. The van der Waals surface area contributed by atoms with E-state index in [0.717, 1.165) is 12.5 Å². The van der Waals surface area contributed by atoms with Gasteiger partial charge in [-0.05, 0) is 49.4 Å². The van der Waals surface area contributed by atoms with Crippen molar-refractivity contribution >= 4 is 0 Å². The van der Waals surface area contributed by atoms with E-state index in [4.69, 9.17) is 0 Å². The van der Waals surface area contributed by atoms with Gasteiger partial charge in [0.2, 0.25) is 0 Å². The summed E-state index contributed by atoms with van der Waals surface area (Å²) in [7, 11) is 2.01. The lowest BCUT2D eigenvalue weighted by Gasteiger charge is -2.12. The average Bonchev–Trinajstić information content (AvgIpc) is 2.26. The highest BCUT2D eigenvalue weighted by atomic mass is 14.8. The largest absolute Gasteiger partial charge is 0.320 e. The fourth-order valence-electron chi connectivity index (χ4n) is 1.98. The summed E-state index contributed by atoms with van der Waals surface area (Å²) in [5, 5.41) is 3.21. The maximum Gasteiger partial charge on any atom is -0.00462 e. The zero-order valence-electron chi connectivity index (χ0n) is 11.1. The van der Waals surface area contributed by atoms with Crippen molar-refractivity contribution in [2.24, 2.45) is 5.92 Å². The first-order chi connectivity index (χ1) is 7.63. The van der Waals surface area contributed by atoms with E-state index in [1.165, 1.54) is 24.0 Å². The Hall–Kier alpha value is -0.820. The molecule has 1 heteroatoms. The fraction of sp³-hybridized carbons (Fsp3) is 0.600. The summed E-state index contributed by atoms with van der Waals surface area (Å²) >= 11 is 0. The van der Waals surface area contributed by atoms with E-state index in [1.54, 1.807) is 0 Å². The molecule has 16 heavy (non-hydrogen) atoms. The van der Waals surface area contributed by atoms with Crippen molar-refractivity contribution in [1.29, 1.82) is 0 Å². The molecule has 0 aliphatic carbocycles. The van der Waals surface area contributed by atoms with Gasteiger partial charge in [-0.1, -0.05) is 45.0 Å². The van der Waals surface area contributed by atoms with Crippen molar-refractivity contribution < 1.29 is 0 Å². The average molecular weight is 219 g/mol. The maximum atomic E-state index is 3.21. The van der Waals surface area contributed by atoms with Crippen molar-refractivity contribution in [3.8, 4) is 0 Å². The van der Waals surface area contributed by atoms with Crippen LogP contribution in [0.1, 0.15) is 44.2 Å². The molecule has 0 radical (unpaired) electrons. The van der Waals surface area contributed by atoms with Crippen LogP contribution in [0.25, 0.3) is 0 Å². The van der Waals surface area contributed by atoms with Crippen molar-refractivity contribution in [2.45, 2.75) is 39.5 Å². The lowest BCUT2D eigenvalue weighted by Crippen LogP contribution is -2.10. The Morgan fingerprint density at radius 2 is 1.69 bits per heavy atom. The second-order valence-electron chi connectivity index (χ2n) is 5.13. The van der Waals surface area contributed by atoms with E-state index in [0.29, 0.717) is 5.92 Å². The molecule has 0 fully saturated rings. The molecule has 1 rings (SSSR count). The Morgan fingerprint density at radius 3 is 2.19 bits per heavy atom. The molecule has 0 aliphatic rings. The van der Waals surface area contributed by atoms with Gasteiger partial charge in [0, 0.05) is 0 Å². The van der Waals surface area contributed by atoms with Crippen LogP contribution in [0.4, 0.5) is 0 Å². The van der Waals surface area contributed by atoms with E-state index in [-0.39, 0.29) is 0 Å². The molecular formula is C15H25N. The summed E-state index contributed by atoms with van der Waals surface area (Å²) in [6.07, 6.45) is 2.39. The van der Waals surface area contributed by atoms with Crippen molar-refractivity contribution in [3.63, 3.8) is 0 Å². The second kappa shape index (κ2) is 6.70. The number of nitrogens with one attached hydrogen (secondary N) is 1. The van der Waals surface area contributed by atoms with Crippen molar-refractivity contribution in [3.05, 3.63) is 35.4 Å². The van der Waals surface area contributed by atoms with Gasteiger partial charge in [-0.15, -0.1) is 0 Å². The highest BCUT2D eigenvalue weighted by molar-refractivity contribution is 5.25. The Balaban J connectivity index is 2.56. The smallest absolute Gasteiger partial charge is 0.00462 e. The van der Waals surface area contributed by atoms with Gasteiger partial charge in [-0.25, -0.2) is 0 Å². The predicted molar refractivity (Wildman–Crippen MR) is 71.9 cm³/mol. The molecule has 0 aromatic heterocycles. The summed E-state index contributed by atoms with van der Waals surface area (Å²) in [6, 6.07) is 9.15. The van der Waals surface area contributed by atoms with Crippen LogP contribution in [0.15, 0.2) is 24.3 Å². The van der Waals surface area contributed by atoms with Crippen LogP contribution in [0.2, 0.25) is 0 Å². The van der Waals surface area contributed by atoms with E-state index < -0.39 is 0 Å². The molecule has 0 saturated carbocycles. The molecule has 90 valence electrons. The van der Waals surface area contributed by atoms with Crippen LogP contribution in [0.5, 0.6) is 0 Å². The molecule has 0 amide bonds. The van der Waals surface area contributed by atoms with Crippen molar-refractivity contribution in [2.75, 3.05) is 13.6 Å². The third-order valence-corrected chi connectivity index (χ3v) is 3.02. The standard InChI is InChI=1S/C15H25N/c1-12(2)11-14-5-7-15(8-6-14)13(3)9-10-16-4/h5-8,12-13,16H,9-11H2,1-4H3. The van der Waals surface area contributed by atoms with Crippen molar-refractivity contribution in [1.82, 2.24) is 5.32 Å². The first-order valence-electron chi connectivity index (χ1n) is 6.37. The molecule has 0 aliphatic heterocycles. The van der Waals surface area contributed by atoms with Crippen LogP contribution >= 0.6 is 0 Å². The first kappa shape index (κ1) is 13.2. The molecule has 1 atom stereocenters. The normalized spacial score (nSPS) is 13.1. The van der Waals surface area contributed by atoms with E-state index >= 15 is 0 Å². The minimum atomic E-state index is 0.653. The topological polar surface area (TPSA) is 12.0 Å². The highest BCUT2D eigenvalue weighted by Crippen LogP contribution is 2.19. The molecule has 0 saturated heterocycles. The van der Waals surface area contributed by atoms with Crippen LogP contribution in [0.3, 0.4) is 0 Å². The van der Waals surface area contributed by atoms with Crippen LogP contribution in [-0.4, -0.2) is 13.6 Å². The molecule has 1 aromatic carbocycles. The van der Waals surface area contributed by atoms with Gasteiger partial charge in [-0.2, -0.15) is 0 Å². The summed E-state index contributed by atoms with van der Waals surface area (Å²) in [4.78, 5) is 0. The maximum absolute atomic E-state index is 3.21. The zero-order chi connectivity index (χ0) is 12.0. The van der Waals surface area contributed by atoms with E-state index in [2.05, 4.69) is 50.4 Å². The monoisotopic (exact) mass is 219 g/mol. The zero-order valence-corrected chi connectivity index (χ0v) is 11.1. The van der Waals surface area contributed by atoms with E-state index in [9.17, 15) is 0 Å². The molecule has 0 bridgehead atoms. The van der Waals surface area contributed by atoms with Gasteiger partial charge < -0.3 is 5.32 Å². The second-order valence-corrected chi connectivity index (χ2v) is 5.13. The first-order valence-corrected chi connectivity index (χ1v) is 6.37. The summed E-state index contributed by atoms with van der Waals surface area (Å²) < 4.78 is 0. The Labute approximate surface area is 100 Å². The lowest BCUT2D eigenvalue weighted by molar-refractivity contribution is 0.633. The predicted octanol–water partition coefficient (Wildman–Crippen LogP) is 3.60. The molecule has 1 N–H and O–H groups in total. The van der Waals surface area contributed by atoms with Gasteiger partial charge in [0.1, 0.15) is 0 Å². The van der Waals surface area contributed by atoms with Gasteiger partial charge >= 0.3 is 0 Å². The Kier molecular flexibility index (Phi) is 5.54.